The molecule has 0 rings (SSSR count). The quantitative estimate of drug-likeness (QED) is 0.308. The van der Waals surface area contributed by atoms with E-state index in [0.29, 0.717) is 0 Å². The zero-order chi connectivity index (χ0) is 7.66. The Morgan fingerprint density at radius 2 is 1.90 bits per heavy atom. The summed E-state index contributed by atoms with van der Waals surface area (Å²) in [6.07, 6.45) is 10.8. The first-order valence-corrected chi connectivity index (χ1v) is 3.84. The Balaban J connectivity index is 3.09. The van der Waals surface area contributed by atoms with Crippen LogP contribution in [0.3, 0.4) is 0 Å². The second-order valence-electron chi connectivity index (χ2n) is 2.21. The van der Waals surface area contributed by atoms with Gasteiger partial charge in [0, 0.05) is 0 Å². The lowest BCUT2D eigenvalue weighted by Gasteiger charge is -1.84. The smallest absolute Gasteiger partial charge is 0.0126 e. The first-order valence-electron chi connectivity index (χ1n) is 3.84. The molecule has 0 N–H and O–H groups in total. The molecule has 0 nitrogen and oxygen atoms in total. The van der Waals surface area contributed by atoms with Gasteiger partial charge in [0.2, 0.25) is 0 Å². The van der Waals surface area contributed by atoms with Crippen molar-refractivity contribution >= 4 is 0 Å². The molecule has 0 aromatic carbocycles. The standard InChI is InChI=1S/C10H15/c1-3-5-7-9-10-8-6-4-2/h1,5,8,10H,4,6-7,9H2,2H3. The van der Waals surface area contributed by atoms with Crippen LogP contribution in [0, 0.1) is 6.58 Å². The van der Waals surface area contributed by atoms with Crippen LogP contribution in [-0.4, -0.2) is 0 Å². The molecule has 0 saturated heterocycles. The largest absolute Gasteiger partial charge is 0.125 e. The topological polar surface area (TPSA) is 0 Å². The summed E-state index contributed by atoms with van der Waals surface area (Å²) >= 11 is 0. The highest BCUT2D eigenvalue weighted by Gasteiger charge is 1.74. The van der Waals surface area contributed by atoms with E-state index in [1.165, 1.54) is 12.8 Å². The van der Waals surface area contributed by atoms with Gasteiger partial charge in [-0.05, 0) is 31.9 Å². The van der Waals surface area contributed by atoms with Crippen molar-refractivity contribution in [3.63, 3.8) is 0 Å². The van der Waals surface area contributed by atoms with Crippen LogP contribution in [-0.2, 0) is 0 Å². The average molecular weight is 135 g/mol. The third-order valence-corrected chi connectivity index (χ3v) is 1.22. The predicted octanol–water partition coefficient (Wildman–Crippen LogP) is 3.27. The SMILES string of the molecule is [CH]=C=CCCC=CCCC. The third-order valence-electron chi connectivity index (χ3n) is 1.22. The molecular formula is C10H15. The van der Waals surface area contributed by atoms with Crippen LogP contribution >= 0.6 is 0 Å². The van der Waals surface area contributed by atoms with Crippen LogP contribution in [0.1, 0.15) is 32.6 Å². The molecule has 0 aliphatic heterocycles. The number of rotatable bonds is 5. The molecule has 1 radical (unpaired) electrons. The number of unbranched alkanes of at least 4 members (excludes halogenated alkanes) is 2. The molecule has 0 aromatic heterocycles. The summed E-state index contributed by atoms with van der Waals surface area (Å²) in [7, 11) is 0. The zero-order valence-electron chi connectivity index (χ0n) is 6.64. The maximum atomic E-state index is 5.04. The normalized spacial score (nSPS) is 9.70. The molecule has 0 aliphatic carbocycles. The van der Waals surface area contributed by atoms with Crippen molar-refractivity contribution in [2.45, 2.75) is 32.6 Å². The molecule has 10 heavy (non-hydrogen) atoms. The lowest BCUT2D eigenvalue weighted by Crippen LogP contribution is -1.64. The first kappa shape index (κ1) is 9.26. The number of allylic oxidation sites excluding steroid dienone is 3. The van der Waals surface area contributed by atoms with Crippen molar-refractivity contribution in [3.8, 4) is 0 Å². The first-order chi connectivity index (χ1) is 4.91. The highest BCUT2D eigenvalue weighted by Crippen LogP contribution is 1.94. The molecular weight excluding hydrogens is 120 g/mol. The van der Waals surface area contributed by atoms with Gasteiger partial charge in [-0.15, -0.1) is 5.73 Å². The van der Waals surface area contributed by atoms with E-state index in [0.717, 1.165) is 12.8 Å². The van der Waals surface area contributed by atoms with Crippen LogP contribution in [0.4, 0.5) is 0 Å². The number of hydrogen-bond donors (Lipinski definition) is 0. The molecule has 0 spiro atoms. The molecule has 0 heterocycles. The van der Waals surface area contributed by atoms with Gasteiger partial charge in [0.25, 0.3) is 0 Å². The van der Waals surface area contributed by atoms with Crippen LogP contribution < -0.4 is 0 Å². The van der Waals surface area contributed by atoms with E-state index in [9.17, 15) is 0 Å². The summed E-state index contributed by atoms with van der Waals surface area (Å²) in [5.41, 5.74) is 2.50. The van der Waals surface area contributed by atoms with Gasteiger partial charge in [0.15, 0.2) is 0 Å². The van der Waals surface area contributed by atoms with Crippen molar-refractivity contribution in [1.29, 1.82) is 0 Å². The molecule has 0 heteroatoms. The van der Waals surface area contributed by atoms with E-state index in [4.69, 9.17) is 6.58 Å². The van der Waals surface area contributed by atoms with Gasteiger partial charge < -0.3 is 0 Å². The summed E-state index contributed by atoms with van der Waals surface area (Å²) in [6, 6.07) is 0. The highest BCUT2D eigenvalue weighted by atomic mass is 13.8. The Kier molecular flexibility index (Phi) is 7.65. The summed E-state index contributed by atoms with van der Waals surface area (Å²) < 4.78 is 0. The lowest BCUT2D eigenvalue weighted by molar-refractivity contribution is 0.943. The fourth-order valence-electron chi connectivity index (χ4n) is 0.665. The molecule has 0 fully saturated rings. The van der Waals surface area contributed by atoms with E-state index in [1.807, 2.05) is 6.08 Å². The number of hydrogen-bond acceptors (Lipinski definition) is 0. The Morgan fingerprint density at radius 3 is 2.50 bits per heavy atom. The minimum Gasteiger partial charge on any atom is -0.125 e. The molecule has 0 atom stereocenters. The monoisotopic (exact) mass is 135 g/mol. The van der Waals surface area contributed by atoms with Crippen molar-refractivity contribution in [2.75, 3.05) is 0 Å². The van der Waals surface area contributed by atoms with Gasteiger partial charge in [-0.1, -0.05) is 25.5 Å². The van der Waals surface area contributed by atoms with Crippen LogP contribution in [0.25, 0.3) is 0 Å². The molecule has 0 unspecified atom stereocenters. The second-order valence-corrected chi connectivity index (χ2v) is 2.21. The van der Waals surface area contributed by atoms with Crippen molar-refractivity contribution in [1.82, 2.24) is 0 Å². The maximum absolute atomic E-state index is 5.04. The fourth-order valence-corrected chi connectivity index (χ4v) is 0.665. The molecule has 0 amide bonds. The van der Waals surface area contributed by atoms with Crippen LogP contribution in [0.5, 0.6) is 0 Å². The van der Waals surface area contributed by atoms with Gasteiger partial charge >= 0.3 is 0 Å². The third kappa shape index (κ3) is 7.26. The van der Waals surface area contributed by atoms with E-state index < -0.39 is 0 Å². The van der Waals surface area contributed by atoms with Crippen molar-refractivity contribution in [2.24, 2.45) is 0 Å². The van der Waals surface area contributed by atoms with E-state index in [1.54, 1.807) is 0 Å². The highest BCUT2D eigenvalue weighted by molar-refractivity contribution is 4.85. The Hall–Kier alpha value is -0.740. The minimum atomic E-state index is 1.01. The van der Waals surface area contributed by atoms with Gasteiger partial charge in [0.05, 0.1) is 0 Å². The fraction of sp³-hybridized carbons (Fsp3) is 0.500. The van der Waals surface area contributed by atoms with Gasteiger partial charge in [0.1, 0.15) is 0 Å². The molecule has 0 bridgehead atoms. The summed E-state index contributed by atoms with van der Waals surface area (Å²) in [6.45, 7) is 7.22. The Labute approximate surface area is 64.0 Å². The van der Waals surface area contributed by atoms with Crippen molar-refractivity contribution < 1.29 is 0 Å². The minimum absolute atomic E-state index is 1.01. The summed E-state index contributed by atoms with van der Waals surface area (Å²) in [5, 5.41) is 0. The van der Waals surface area contributed by atoms with E-state index >= 15 is 0 Å². The molecule has 0 aliphatic rings. The zero-order valence-corrected chi connectivity index (χ0v) is 6.64. The van der Waals surface area contributed by atoms with Gasteiger partial charge in [-0.2, -0.15) is 0 Å². The molecule has 0 saturated carbocycles. The predicted molar refractivity (Wildman–Crippen MR) is 45.7 cm³/mol. The van der Waals surface area contributed by atoms with E-state index in [2.05, 4.69) is 24.8 Å². The lowest BCUT2D eigenvalue weighted by atomic mass is 10.2. The van der Waals surface area contributed by atoms with Crippen LogP contribution in [0.2, 0.25) is 0 Å². The van der Waals surface area contributed by atoms with E-state index in [-0.39, 0.29) is 0 Å². The molecule has 55 valence electrons. The summed E-state index contributed by atoms with van der Waals surface area (Å²) in [4.78, 5) is 0. The van der Waals surface area contributed by atoms with Gasteiger partial charge in [-0.3, -0.25) is 0 Å². The maximum Gasteiger partial charge on any atom is -0.0126 e. The average Bonchev–Trinajstić information content (AvgIpc) is 1.97. The Bertz CT molecular complexity index is 125. The summed E-state index contributed by atoms with van der Waals surface area (Å²) in [5.74, 6) is 0. The molecule has 0 aromatic rings. The van der Waals surface area contributed by atoms with Crippen molar-refractivity contribution in [3.05, 3.63) is 30.5 Å². The van der Waals surface area contributed by atoms with Crippen LogP contribution in [0.15, 0.2) is 24.0 Å². The second kappa shape index (κ2) is 8.26. The Morgan fingerprint density at radius 1 is 1.20 bits per heavy atom. The van der Waals surface area contributed by atoms with Gasteiger partial charge in [-0.25, -0.2) is 0 Å².